The van der Waals surface area contributed by atoms with Gasteiger partial charge in [-0.2, -0.15) is 0 Å². The van der Waals surface area contributed by atoms with E-state index in [1.807, 2.05) is 31.2 Å². The van der Waals surface area contributed by atoms with E-state index >= 15 is 0 Å². The van der Waals surface area contributed by atoms with Crippen molar-refractivity contribution < 1.29 is 14.3 Å². The summed E-state index contributed by atoms with van der Waals surface area (Å²) < 4.78 is 10.8. The molecule has 1 saturated carbocycles. The first-order valence-electron chi connectivity index (χ1n) is 6.60. The summed E-state index contributed by atoms with van der Waals surface area (Å²) in [5.41, 5.74) is 0.613. The average Bonchev–Trinajstić information content (AvgIpc) is 2.85. The van der Waals surface area contributed by atoms with Gasteiger partial charge >= 0.3 is 5.97 Å². The minimum atomic E-state index is -0.593. The zero-order valence-corrected chi connectivity index (χ0v) is 11.7. The maximum absolute atomic E-state index is 11.9. The molecule has 1 aliphatic carbocycles. The van der Waals surface area contributed by atoms with Crippen molar-refractivity contribution in [1.82, 2.24) is 5.32 Å². The second-order valence-electron chi connectivity index (χ2n) is 5.12. The Bertz CT molecular complexity index is 443. The number of nitrogens with one attached hydrogen (secondary N) is 1. The molecule has 0 aromatic heterocycles. The Morgan fingerprint density at radius 2 is 2.05 bits per heavy atom. The number of esters is 1. The van der Waals surface area contributed by atoms with Crippen molar-refractivity contribution in [2.45, 2.75) is 37.8 Å². The minimum absolute atomic E-state index is 0.0502. The molecule has 19 heavy (non-hydrogen) atoms. The number of rotatable bonds is 4. The van der Waals surface area contributed by atoms with Crippen molar-refractivity contribution in [3.8, 4) is 5.75 Å². The normalized spacial score (nSPS) is 26.2. The van der Waals surface area contributed by atoms with Crippen molar-refractivity contribution >= 4 is 5.97 Å². The van der Waals surface area contributed by atoms with E-state index in [4.69, 9.17) is 9.47 Å². The number of carbonyl (C=O) groups excluding carboxylic acids is 1. The van der Waals surface area contributed by atoms with Crippen molar-refractivity contribution in [2.24, 2.45) is 0 Å². The van der Waals surface area contributed by atoms with Crippen LogP contribution in [-0.4, -0.2) is 31.8 Å². The first-order chi connectivity index (χ1) is 9.09. The molecule has 0 amide bonds. The largest absolute Gasteiger partial charge is 0.490 e. The van der Waals surface area contributed by atoms with Crippen LogP contribution in [0.25, 0.3) is 0 Å². The van der Waals surface area contributed by atoms with Gasteiger partial charge in [-0.1, -0.05) is 17.7 Å². The summed E-state index contributed by atoms with van der Waals surface area (Å²) in [6.07, 6.45) is 2.29. The van der Waals surface area contributed by atoms with Crippen molar-refractivity contribution in [3.63, 3.8) is 0 Å². The van der Waals surface area contributed by atoms with Crippen LogP contribution in [0.3, 0.4) is 0 Å². The van der Waals surface area contributed by atoms with Crippen LogP contribution in [0.2, 0.25) is 0 Å². The number of carbonyl (C=O) groups is 1. The van der Waals surface area contributed by atoms with Crippen LogP contribution in [-0.2, 0) is 9.53 Å². The molecule has 0 bridgehead atoms. The lowest BCUT2D eigenvalue weighted by molar-refractivity contribution is -0.148. The summed E-state index contributed by atoms with van der Waals surface area (Å²) in [7, 11) is 3.22. The number of methoxy groups -OCH3 is 1. The van der Waals surface area contributed by atoms with Crippen LogP contribution in [0.15, 0.2) is 24.3 Å². The lowest BCUT2D eigenvalue weighted by Gasteiger charge is -2.25. The number of aryl methyl sites for hydroxylation is 1. The molecule has 1 aromatic carbocycles. The van der Waals surface area contributed by atoms with Gasteiger partial charge < -0.3 is 14.8 Å². The predicted octanol–water partition coefficient (Wildman–Crippen LogP) is 2.06. The summed E-state index contributed by atoms with van der Waals surface area (Å²) in [5, 5.41) is 3.10. The molecule has 0 saturated heterocycles. The highest BCUT2D eigenvalue weighted by molar-refractivity contribution is 5.81. The van der Waals surface area contributed by atoms with Gasteiger partial charge in [0.25, 0.3) is 0 Å². The van der Waals surface area contributed by atoms with Crippen molar-refractivity contribution in [1.29, 1.82) is 0 Å². The molecular formula is C15H21NO3. The Hall–Kier alpha value is -1.55. The molecule has 4 nitrogen and oxygen atoms in total. The van der Waals surface area contributed by atoms with Gasteiger partial charge in [-0.3, -0.25) is 4.79 Å². The van der Waals surface area contributed by atoms with E-state index in [2.05, 4.69) is 5.32 Å². The van der Waals surface area contributed by atoms with E-state index in [1.165, 1.54) is 12.7 Å². The van der Waals surface area contributed by atoms with E-state index in [9.17, 15) is 4.79 Å². The Labute approximate surface area is 114 Å². The molecule has 2 rings (SSSR count). The van der Waals surface area contributed by atoms with Crippen LogP contribution >= 0.6 is 0 Å². The standard InChI is InChI=1S/C15H21NO3/c1-11-4-6-12(7-5-11)19-13-8-9-15(10-13,16-2)14(17)18-3/h4-7,13,16H,8-10H2,1-3H3. The number of benzene rings is 1. The van der Waals surface area contributed by atoms with Crippen molar-refractivity contribution in [3.05, 3.63) is 29.8 Å². The SMILES string of the molecule is CNC1(C(=O)OC)CCC(Oc2ccc(C)cc2)C1. The Kier molecular flexibility index (Phi) is 4.10. The van der Waals surface area contributed by atoms with Crippen LogP contribution in [0.5, 0.6) is 5.75 Å². The number of hydrogen-bond donors (Lipinski definition) is 1. The van der Waals surface area contributed by atoms with Gasteiger partial charge in [0.05, 0.1) is 7.11 Å². The van der Waals surface area contributed by atoms with Crippen molar-refractivity contribution in [2.75, 3.05) is 14.2 Å². The van der Waals surface area contributed by atoms with Crippen LogP contribution in [0.1, 0.15) is 24.8 Å². The zero-order chi connectivity index (χ0) is 13.9. The summed E-state index contributed by atoms with van der Waals surface area (Å²) in [5.74, 6) is 0.650. The van der Waals surface area contributed by atoms with Crippen LogP contribution in [0, 0.1) is 6.92 Å². The fourth-order valence-corrected chi connectivity index (χ4v) is 2.62. The fourth-order valence-electron chi connectivity index (χ4n) is 2.62. The summed E-state index contributed by atoms with van der Waals surface area (Å²) in [4.78, 5) is 11.9. The Balaban J connectivity index is 2.01. The molecule has 1 fully saturated rings. The zero-order valence-electron chi connectivity index (χ0n) is 11.7. The Morgan fingerprint density at radius 1 is 1.37 bits per heavy atom. The highest BCUT2D eigenvalue weighted by Crippen LogP contribution is 2.33. The second kappa shape index (κ2) is 5.61. The maximum Gasteiger partial charge on any atom is 0.326 e. The molecule has 1 aliphatic rings. The third kappa shape index (κ3) is 2.89. The monoisotopic (exact) mass is 263 g/mol. The highest BCUT2D eigenvalue weighted by atomic mass is 16.5. The van der Waals surface area contributed by atoms with Crippen LogP contribution in [0.4, 0.5) is 0 Å². The molecule has 0 radical (unpaired) electrons. The third-order valence-corrected chi connectivity index (χ3v) is 3.85. The molecule has 1 aromatic rings. The smallest absolute Gasteiger partial charge is 0.326 e. The van der Waals surface area contributed by atoms with Gasteiger partial charge in [0.2, 0.25) is 0 Å². The van der Waals surface area contributed by atoms with E-state index in [0.717, 1.165) is 18.6 Å². The lowest BCUT2D eigenvalue weighted by Crippen LogP contribution is -2.49. The van der Waals surface area contributed by atoms with Gasteiger partial charge in [-0.15, -0.1) is 0 Å². The van der Waals surface area contributed by atoms with E-state index in [1.54, 1.807) is 7.05 Å². The number of ether oxygens (including phenoxy) is 2. The highest BCUT2D eigenvalue weighted by Gasteiger charge is 2.46. The molecule has 0 spiro atoms. The first-order valence-corrected chi connectivity index (χ1v) is 6.60. The molecule has 0 aliphatic heterocycles. The van der Waals surface area contributed by atoms with E-state index < -0.39 is 5.54 Å². The molecule has 104 valence electrons. The van der Waals surface area contributed by atoms with E-state index in [-0.39, 0.29) is 12.1 Å². The van der Waals surface area contributed by atoms with Gasteiger partial charge in [-0.05, 0) is 38.9 Å². The fraction of sp³-hybridized carbons (Fsp3) is 0.533. The van der Waals surface area contributed by atoms with Crippen LogP contribution < -0.4 is 10.1 Å². The molecule has 2 unspecified atom stereocenters. The molecule has 4 heteroatoms. The molecule has 0 heterocycles. The Morgan fingerprint density at radius 3 is 2.63 bits per heavy atom. The first kappa shape index (κ1) is 13.9. The second-order valence-corrected chi connectivity index (χ2v) is 5.12. The quantitative estimate of drug-likeness (QED) is 0.845. The number of hydrogen-bond acceptors (Lipinski definition) is 4. The van der Waals surface area contributed by atoms with Gasteiger partial charge in [0.15, 0.2) is 0 Å². The topological polar surface area (TPSA) is 47.6 Å². The van der Waals surface area contributed by atoms with Gasteiger partial charge in [0.1, 0.15) is 17.4 Å². The lowest BCUT2D eigenvalue weighted by atomic mass is 9.98. The van der Waals surface area contributed by atoms with E-state index in [0.29, 0.717) is 6.42 Å². The number of likely N-dealkylation sites (N-methyl/N-ethyl adjacent to an activating group) is 1. The summed E-state index contributed by atoms with van der Waals surface area (Å²) in [6.45, 7) is 2.04. The summed E-state index contributed by atoms with van der Waals surface area (Å²) in [6, 6.07) is 7.98. The molecule has 1 N–H and O–H groups in total. The maximum atomic E-state index is 11.9. The third-order valence-electron chi connectivity index (χ3n) is 3.85. The average molecular weight is 263 g/mol. The summed E-state index contributed by atoms with van der Waals surface area (Å²) >= 11 is 0. The predicted molar refractivity (Wildman–Crippen MR) is 73.3 cm³/mol. The van der Waals surface area contributed by atoms with Gasteiger partial charge in [-0.25, -0.2) is 0 Å². The minimum Gasteiger partial charge on any atom is -0.490 e. The molecular weight excluding hydrogens is 242 g/mol. The van der Waals surface area contributed by atoms with Gasteiger partial charge in [0, 0.05) is 6.42 Å². The molecule has 2 atom stereocenters.